The zero-order valence-corrected chi connectivity index (χ0v) is 17.9. The molecule has 0 saturated carbocycles. The average Bonchev–Trinajstić information content (AvgIpc) is 3.19. The predicted octanol–water partition coefficient (Wildman–Crippen LogP) is 5.70. The Balaban J connectivity index is 1.42. The van der Waals surface area contributed by atoms with Gasteiger partial charge in [0.05, 0.1) is 18.2 Å². The largest absolute Gasteiger partial charge is 0.445 e. The van der Waals surface area contributed by atoms with Gasteiger partial charge in [-0.3, -0.25) is 0 Å². The number of halogens is 3. The Morgan fingerprint density at radius 1 is 0.970 bits per heavy atom. The lowest BCUT2D eigenvalue weighted by atomic mass is 9.97. The first-order chi connectivity index (χ1) is 15.8. The van der Waals surface area contributed by atoms with E-state index in [2.05, 4.69) is 5.32 Å². The molecule has 1 aliphatic carbocycles. The fourth-order valence-corrected chi connectivity index (χ4v) is 4.19. The number of carbonyl (C=O) groups excluding carboxylic acids is 1. The zero-order valence-electron chi connectivity index (χ0n) is 17.9. The second-order valence-electron chi connectivity index (χ2n) is 8.20. The topological polar surface area (TPSA) is 58.6 Å². The number of alkyl halides is 3. The molecular weight excluding hydrogens is 431 g/mol. The standard InChI is InChI=1S/C26H24F3NO3/c27-26(28,29)22-13-19(11-20(14-22)15-31)10-18-6-8-23-21(12-18)7-9-24(23)30-25(32)33-16-17-4-2-1-3-5-17/h1-6,8,11-14,24,31H,7,9-10,15-16H2,(H,30,32). The van der Waals surface area contributed by atoms with E-state index in [9.17, 15) is 23.1 Å². The summed E-state index contributed by atoms with van der Waals surface area (Å²) in [4.78, 5) is 12.2. The SMILES string of the molecule is O=C(NC1CCc2cc(Cc3cc(CO)cc(C(F)(F)F)c3)ccc21)OCc1ccccc1. The number of hydrogen-bond acceptors (Lipinski definition) is 3. The summed E-state index contributed by atoms with van der Waals surface area (Å²) in [6, 6.07) is 18.7. The number of aliphatic hydroxyl groups is 1. The molecule has 0 fully saturated rings. The van der Waals surface area contributed by atoms with Crippen molar-refractivity contribution in [2.24, 2.45) is 0 Å². The van der Waals surface area contributed by atoms with Crippen molar-refractivity contribution in [2.75, 3.05) is 0 Å². The van der Waals surface area contributed by atoms with E-state index in [0.29, 0.717) is 12.0 Å². The molecule has 33 heavy (non-hydrogen) atoms. The van der Waals surface area contributed by atoms with Gasteiger partial charge in [0.25, 0.3) is 0 Å². The molecule has 172 valence electrons. The number of carbonyl (C=O) groups is 1. The Hall–Kier alpha value is -3.32. The van der Waals surface area contributed by atoms with Gasteiger partial charge in [-0.15, -0.1) is 0 Å². The molecule has 0 aliphatic heterocycles. The number of alkyl carbamates (subject to hydrolysis) is 1. The number of nitrogens with one attached hydrogen (secondary N) is 1. The molecule has 0 aromatic heterocycles. The van der Waals surface area contributed by atoms with Gasteiger partial charge in [0.1, 0.15) is 6.61 Å². The molecule has 4 rings (SSSR count). The Labute approximate surface area is 190 Å². The number of amides is 1. The van der Waals surface area contributed by atoms with Crippen LogP contribution in [-0.2, 0) is 37.0 Å². The predicted molar refractivity (Wildman–Crippen MR) is 117 cm³/mol. The van der Waals surface area contributed by atoms with E-state index < -0.39 is 24.4 Å². The fraction of sp³-hybridized carbons (Fsp3) is 0.269. The molecule has 1 unspecified atom stereocenters. The number of ether oxygens (including phenoxy) is 1. The van der Waals surface area contributed by atoms with Gasteiger partial charge in [-0.05, 0) is 64.8 Å². The zero-order chi connectivity index (χ0) is 23.4. The highest BCUT2D eigenvalue weighted by Gasteiger charge is 2.31. The molecule has 0 spiro atoms. The Morgan fingerprint density at radius 3 is 2.45 bits per heavy atom. The number of rotatable bonds is 6. The van der Waals surface area contributed by atoms with Crippen molar-refractivity contribution in [2.45, 2.75) is 44.7 Å². The quantitative estimate of drug-likeness (QED) is 0.501. The highest BCUT2D eigenvalue weighted by atomic mass is 19.4. The van der Waals surface area contributed by atoms with Crippen molar-refractivity contribution in [1.29, 1.82) is 0 Å². The molecule has 3 aromatic carbocycles. The number of hydrogen-bond donors (Lipinski definition) is 2. The maximum Gasteiger partial charge on any atom is 0.416 e. The summed E-state index contributed by atoms with van der Waals surface area (Å²) in [7, 11) is 0. The van der Waals surface area contributed by atoms with E-state index in [1.54, 1.807) is 6.07 Å². The van der Waals surface area contributed by atoms with Crippen molar-refractivity contribution < 1.29 is 27.8 Å². The van der Waals surface area contributed by atoms with E-state index in [-0.39, 0.29) is 18.2 Å². The summed E-state index contributed by atoms with van der Waals surface area (Å²) in [5.74, 6) is 0. The smallest absolute Gasteiger partial charge is 0.416 e. The highest BCUT2D eigenvalue weighted by molar-refractivity contribution is 5.68. The van der Waals surface area contributed by atoms with Crippen LogP contribution in [0.15, 0.2) is 66.7 Å². The molecule has 1 amide bonds. The third-order valence-corrected chi connectivity index (χ3v) is 5.76. The van der Waals surface area contributed by atoms with E-state index in [0.717, 1.165) is 47.2 Å². The molecule has 0 bridgehead atoms. The summed E-state index contributed by atoms with van der Waals surface area (Å²) in [6.07, 6.45) is -3.14. The van der Waals surface area contributed by atoms with Gasteiger partial charge < -0.3 is 15.2 Å². The van der Waals surface area contributed by atoms with Crippen LogP contribution in [0.3, 0.4) is 0 Å². The molecule has 7 heteroatoms. The first kappa shape index (κ1) is 22.9. The van der Waals surface area contributed by atoms with Crippen LogP contribution >= 0.6 is 0 Å². The molecular formula is C26H24F3NO3. The van der Waals surface area contributed by atoms with E-state index >= 15 is 0 Å². The number of aliphatic hydroxyl groups excluding tert-OH is 1. The van der Waals surface area contributed by atoms with Crippen LogP contribution in [0.25, 0.3) is 0 Å². The Kier molecular flexibility index (Phi) is 6.70. The second-order valence-corrected chi connectivity index (χ2v) is 8.20. The maximum absolute atomic E-state index is 13.2. The molecule has 1 atom stereocenters. The van der Waals surface area contributed by atoms with Crippen LogP contribution < -0.4 is 5.32 Å². The highest BCUT2D eigenvalue weighted by Crippen LogP contribution is 2.34. The van der Waals surface area contributed by atoms with Crippen LogP contribution in [0.1, 0.15) is 51.4 Å². The normalized spacial score (nSPS) is 15.2. The van der Waals surface area contributed by atoms with Gasteiger partial charge >= 0.3 is 12.3 Å². The second kappa shape index (κ2) is 9.67. The van der Waals surface area contributed by atoms with Gasteiger partial charge in [0.2, 0.25) is 0 Å². The van der Waals surface area contributed by atoms with Gasteiger partial charge in [-0.1, -0.05) is 54.6 Å². The van der Waals surface area contributed by atoms with E-state index in [1.807, 2.05) is 48.5 Å². The summed E-state index contributed by atoms with van der Waals surface area (Å²) in [6.45, 7) is -0.257. The number of aryl methyl sites for hydroxylation is 1. The van der Waals surface area contributed by atoms with Gasteiger partial charge in [0, 0.05) is 0 Å². The van der Waals surface area contributed by atoms with Crippen LogP contribution in [-0.4, -0.2) is 11.2 Å². The van der Waals surface area contributed by atoms with Crippen LogP contribution in [0, 0.1) is 0 Å². The lowest BCUT2D eigenvalue weighted by Crippen LogP contribution is -2.27. The maximum atomic E-state index is 13.2. The number of fused-ring (bicyclic) bond motifs is 1. The van der Waals surface area contributed by atoms with E-state index in [4.69, 9.17) is 4.74 Å². The molecule has 1 aliphatic rings. The van der Waals surface area contributed by atoms with Crippen molar-refractivity contribution in [3.63, 3.8) is 0 Å². The summed E-state index contributed by atoms with van der Waals surface area (Å²) < 4.78 is 44.8. The van der Waals surface area contributed by atoms with Crippen LogP contribution in [0.2, 0.25) is 0 Å². The Morgan fingerprint density at radius 2 is 1.73 bits per heavy atom. The molecule has 0 saturated heterocycles. The minimum atomic E-state index is -4.47. The number of benzene rings is 3. The van der Waals surface area contributed by atoms with Crippen molar-refractivity contribution >= 4 is 6.09 Å². The molecule has 0 radical (unpaired) electrons. The summed E-state index contributed by atoms with van der Waals surface area (Å²) in [5, 5.41) is 12.2. The molecule has 3 aromatic rings. The third kappa shape index (κ3) is 5.73. The lowest BCUT2D eigenvalue weighted by molar-refractivity contribution is -0.137. The van der Waals surface area contributed by atoms with Crippen molar-refractivity contribution in [1.82, 2.24) is 5.32 Å². The van der Waals surface area contributed by atoms with E-state index in [1.165, 1.54) is 0 Å². The van der Waals surface area contributed by atoms with Crippen molar-refractivity contribution in [3.8, 4) is 0 Å². The average molecular weight is 455 g/mol. The fourth-order valence-electron chi connectivity index (χ4n) is 4.19. The summed E-state index contributed by atoms with van der Waals surface area (Å²) >= 11 is 0. The summed E-state index contributed by atoms with van der Waals surface area (Å²) in [5.41, 5.74) is 3.81. The molecule has 0 heterocycles. The minimum absolute atomic E-state index is 0.160. The minimum Gasteiger partial charge on any atom is -0.445 e. The third-order valence-electron chi connectivity index (χ3n) is 5.76. The lowest BCUT2D eigenvalue weighted by Gasteiger charge is -2.15. The van der Waals surface area contributed by atoms with Gasteiger partial charge in [-0.2, -0.15) is 13.2 Å². The molecule has 2 N–H and O–H groups in total. The Bertz CT molecular complexity index is 1130. The van der Waals surface area contributed by atoms with Gasteiger partial charge in [0.15, 0.2) is 0 Å². The van der Waals surface area contributed by atoms with Gasteiger partial charge in [-0.25, -0.2) is 4.79 Å². The van der Waals surface area contributed by atoms with Crippen molar-refractivity contribution in [3.05, 3.63) is 106 Å². The van der Waals surface area contributed by atoms with Crippen LogP contribution in [0.5, 0.6) is 0 Å². The first-order valence-corrected chi connectivity index (χ1v) is 10.7. The monoisotopic (exact) mass is 455 g/mol. The van der Waals surface area contributed by atoms with Crippen LogP contribution in [0.4, 0.5) is 18.0 Å². The molecule has 4 nitrogen and oxygen atoms in total. The first-order valence-electron chi connectivity index (χ1n) is 10.7.